The highest BCUT2D eigenvalue weighted by Gasteiger charge is 2.29. The summed E-state index contributed by atoms with van der Waals surface area (Å²) in [7, 11) is 3.45. The van der Waals surface area contributed by atoms with Gasteiger partial charge in [-0.2, -0.15) is 0 Å². The summed E-state index contributed by atoms with van der Waals surface area (Å²) in [6, 6.07) is 8.36. The maximum atomic E-state index is 12.1. The molecule has 1 aliphatic heterocycles. The number of nitrogens with zero attached hydrogens (tertiary/aromatic N) is 2. The molecule has 0 spiro atoms. The van der Waals surface area contributed by atoms with E-state index in [1.807, 2.05) is 6.08 Å². The molecule has 0 unspecified atom stereocenters. The smallest absolute Gasteiger partial charge is 0.266 e. The van der Waals surface area contributed by atoms with Crippen LogP contribution in [0.15, 0.2) is 34.2 Å². The summed E-state index contributed by atoms with van der Waals surface area (Å²) in [5.41, 5.74) is 2.48. The van der Waals surface area contributed by atoms with E-state index in [9.17, 15) is 4.79 Å². The van der Waals surface area contributed by atoms with Gasteiger partial charge < -0.3 is 0 Å². The molecule has 0 saturated carbocycles. The Balaban J connectivity index is 2.26. The van der Waals surface area contributed by atoms with Gasteiger partial charge >= 0.3 is 0 Å². The molecule has 0 aromatic heterocycles. The largest absolute Gasteiger partial charge is 0.290 e. The number of aliphatic imine (C=N–C) groups is 1. The number of hydrogen-bond donors (Lipinski definition) is 0. The molecule has 20 heavy (non-hydrogen) atoms. The van der Waals surface area contributed by atoms with Crippen LogP contribution in [0.4, 0.5) is 0 Å². The van der Waals surface area contributed by atoms with Gasteiger partial charge in [0, 0.05) is 14.1 Å². The number of likely N-dealkylation sites (N-methyl/N-ethyl adjacent to an activating group) is 1. The molecule has 1 saturated heterocycles. The average Bonchev–Trinajstić information content (AvgIpc) is 2.66. The lowest BCUT2D eigenvalue weighted by Gasteiger charge is -2.18. The molecule has 4 heteroatoms. The maximum absolute atomic E-state index is 12.1. The van der Waals surface area contributed by atoms with Gasteiger partial charge in [-0.15, -0.1) is 0 Å². The number of hydrogen-bond acceptors (Lipinski definition) is 3. The second kappa shape index (κ2) is 5.44. The third kappa shape index (κ3) is 2.96. The molecule has 1 heterocycles. The van der Waals surface area contributed by atoms with Gasteiger partial charge in [-0.25, -0.2) is 0 Å². The summed E-state index contributed by atoms with van der Waals surface area (Å²) in [5, 5.41) is 0.743. The van der Waals surface area contributed by atoms with Crippen molar-refractivity contribution in [3.05, 3.63) is 40.3 Å². The van der Waals surface area contributed by atoms with Gasteiger partial charge in [0.2, 0.25) is 0 Å². The quantitative estimate of drug-likeness (QED) is 0.741. The zero-order chi connectivity index (χ0) is 14.9. The number of benzene rings is 1. The molecule has 1 aliphatic rings. The van der Waals surface area contributed by atoms with Crippen LogP contribution in [0.1, 0.15) is 31.9 Å². The van der Waals surface area contributed by atoms with E-state index in [0.29, 0.717) is 0 Å². The van der Waals surface area contributed by atoms with Crippen molar-refractivity contribution >= 4 is 28.9 Å². The minimum absolute atomic E-state index is 0.00972. The van der Waals surface area contributed by atoms with Crippen LogP contribution < -0.4 is 0 Å². The zero-order valence-corrected chi connectivity index (χ0v) is 13.4. The molecular formula is C16H20N2OS. The highest BCUT2D eigenvalue weighted by Crippen LogP contribution is 2.31. The fraction of sp³-hybridized carbons (Fsp3) is 0.375. The van der Waals surface area contributed by atoms with E-state index in [-0.39, 0.29) is 11.3 Å². The molecule has 1 amide bonds. The summed E-state index contributed by atoms with van der Waals surface area (Å²) in [6.45, 7) is 6.57. The van der Waals surface area contributed by atoms with E-state index in [0.717, 1.165) is 15.6 Å². The Labute approximate surface area is 124 Å². The Bertz CT molecular complexity index is 579. The van der Waals surface area contributed by atoms with Crippen LogP contribution in [-0.2, 0) is 10.2 Å². The summed E-state index contributed by atoms with van der Waals surface area (Å²) in [5.74, 6) is 0.00972. The first-order valence-electron chi connectivity index (χ1n) is 6.58. The lowest BCUT2D eigenvalue weighted by Crippen LogP contribution is -2.23. The van der Waals surface area contributed by atoms with Crippen molar-refractivity contribution < 1.29 is 4.79 Å². The predicted octanol–water partition coefficient (Wildman–Crippen LogP) is 3.52. The number of thioether (sulfide) groups is 1. The third-order valence-electron chi connectivity index (χ3n) is 3.27. The summed E-state index contributed by atoms with van der Waals surface area (Å²) in [6.07, 6.45) is 1.92. The standard InChI is InChI=1S/C16H20N2OS/c1-16(2,3)12-8-6-11(7-9-12)10-13-14(19)18(5)15(17-4)20-13/h6-10H,1-5H3/b13-10-,17-15?. The lowest BCUT2D eigenvalue weighted by molar-refractivity contribution is -0.121. The third-order valence-corrected chi connectivity index (χ3v) is 4.42. The van der Waals surface area contributed by atoms with E-state index in [1.54, 1.807) is 19.0 Å². The van der Waals surface area contributed by atoms with Gasteiger partial charge in [0.05, 0.1) is 4.91 Å². The lowest BCUT2D eigenvalue weighted by atomic mass is 9.87. The van der Waals surface area contributed by atoms with Crippen molar-refractivity contribution in [3.8, 4) is 0 Å². The molecule has 3 nitrogen and oxygen atoms in total. The van der Waals surface area contributed by atoms with E-state index in [4.69, 9.17) is 0 Å². The second-order valence-electron chi connectivity index (χ2n) is 5.85. The van der Waals surface area contributed by atoms with Crippen molar-refractivity contribution in [2.75, 3.05) is 14.1 Å². The molecule has 0 atom stereocenters. The Morgan fingerprint density at radius 2 is 1.80 bits per heavy atom. The van der Waals surface area contributed by atoms with E-state index in [2.05, 4.69) is 50.0 Å². The van der Waals surface area contributed by atoms with Crippen LogP contribution in [0.5, 0.6) is 0 Å². The second-order valence-corrected chi connectivity index (χ2v) is 6.86. The Morgan fingerprint density at radius 3 is 2.25 bits per heavy atom. The molecule has 0 bridgehead atoms. The van der Waals surface area contributed by atoms with E-state index in [1.165, 1.54) is 17.3 Å². The van der Waals surface area contributed by atoms with Crippen LogP contribution in [0, 0.1) is 0 Å². The van der Waals surface area contributed by atoms with Crippen molar-refractivity contribution in [1.29, 1.82) is 0 Å². The van der Waals surface area contributed by atoms with E-state index < -0.39 is 0 Å². The molecule has 1 aromatic rings. The van der Waals surface area contributed by atoms with Gasteiger partial charge in [0.1, 0.15) is 0 Å². The molecule has 0 aliphatic carbocycles. The molecule has 0 N–H and O–H groups in total. The predicted molar refractivity (Wildman–Crippen MR) is 86.8 cm³/mol. The topological polar surface area (TPSA) is 32.7 Å². The molecule has 0 radical (unpaired) electrons. The van der Waals surface area contributed by atoms with Gasteiger partial charge in [0.25, 0.3) is 5.91 Å². The summed E-state index contributed by atoms with van der Waals surface area (Å²) in [4.78, 5) is 18.5. The number of amidine groups is 1. The van der Waals surface area contributed by atoms with Crippen molar-refractivity contribution in [2.24, 2.45) is 4.99 Å². The normalized spacial score (nSPS) is 20.2. The van der Waals surface area contributed by atoms with Crippen molar-refractivity contribution in [1.82, 2.24) is 4.90 Å². The Morgan fingerprint density at radius 1 is 1.20 bits per heavy atom. The molecular weight excluding hydrogens is 268 g/mol. The molecule has 2 rings (SSSR count). The number of rotatable bonds is 1. The van der Waals surface area contributed by atoms with Crippen molar-refractivity contribution in [2.45, 2.75) is 26.2 Å². The first-order valence-corrected chi connectivity index (χ1v) is 7.39. The monoisotopic (exact) mass is 288 g/mol. The fourth-order valence-electron chi connectivity index (χ4n) is 1.98. The SMILES string of the molecule is CN=C1S/C(=C\c2ccc(C(C)(C)C)cc2)C(=O)N1C. The van der Waals surface area contributed by atoms with Crippen molar-refractivity contribution in [3.63, 3.8) is 0 Å². The number of carbonyl (C=O) groups is 1. The summed E-state index contributed by atoms with van der Waals surface area (Å²) < 4.78 is 0. The zero-order valence-electron chi connectivity index (χ0n) is 12.6. The number of carbonyl (C=O) groups excluding carboxylic acids is 1. The first-order chi connectivity index (χ1) is 9.32. The minimum Gasteiger partial charge on any atom is -0.290 e. The highest BCUT2D eigenvalue weighted by molar-refractivity contribution is 8.18. The first kappa shape index (κ1) is 14.9. The van der Waals surface area contributed by atoms with Crippen LogP contribution in [-0.4, -0.2) is 30.1 Å². The minimum atomic E-state index is 0.00972. The van der Waals surface area contributed by atoms with Crippen LogP contribution in [0.3, 0.4) is 0 Å². The average molecular weight is 288 g/mol. The van der Waals surface area contributed by atoms with Gasteiger partial charge in [0.15, 0.2) is 5.17 Å². The number of amides is 1. The van der Waals surface area contributed by atoms with Gasteiger partial charge in [-0.1, -0.05) is 45.0 Å². The highest BCUT2D eigenvalue weighted by atomic mass is 32.2. The van der Waals surface area contributed by atoms with Gasteiger partial charge in [-0.3, -0.25) is 14.7 Å². The van der Waals surface area contributed by atoms with Crippen LogP contribution in [0.2, 0.25) is 0 Å². The Kier molecular flexibility index (Phi) is 4.04. The molecule has 1 aromatic carbocycles. The van der Waals surface area contributed by atoms with E-state index >= 15 is 0 Å². The van der Waals surface area contributed by atoms with Gasteiger partial charge in [-0.05, 0) is 34.4 Å². The van der Waals surface area contributed by atoms with Crippen LogP contribution in [0.25, 0.3) is 6.08 Å². The molecule has 1 fully saturated rings. The maximum Gasteiger partial charge on any atom is 0.266 e. The fourth-order valence-corrected chi connectivity index (χ4v) is 2.91. The summed E-state index contributed by atoms with van der Waals surface area (Å²) >= 11 is 1.42. The molecule has 106 valence electrons. The van der Waals surface area contributed by atoms with Crippen LogP contribution >= 0.6 is 11.8 Å². The Hall–Kier alpha value is -1.55.